The maximum atomic E-state index is 10.1. The molecule has 118 valence electrons. The molecular weight excluding hydrogens is 280 g/mol. The highest BCUT2D eigenvalue weighted by atomic mass is 16.3. The van der Waals surface area contributed by atoms with Crippen LogP contribution in [-0.2, 0) is 0 Å². The predicted octanol–water partition coefficient (Wildman–Crippen LogP) is 1.96. The molecule has 2 aromatic carbocycles. The normalized spacial score (nSPS) is 16.7. The van der Waals surface area contributed by atoms with Gasteiger partial charge >= 0.3 is 0 Å². The predicted molar refractivity (Wildman–Crippen MR) is 84.1 cm³/mol. The first-order valence-electron chi connectivity index (χ1n) is 7.41. The van der Waals surface area contributed by atoms with Gasteiger partial charge in [0.15, 0.2) is 0 Å². The summed E-state index contributed by atoms with van der Waals surface area (Å²) in [6, 6.07) is 17.8. The van der Waals surface area contributed by atoms with Gasteiger partial charge in [-0.25, -0.2) is 0 Å². The van der Waals surface area contributed by atoms with Crippen molar-refractivity contribution >= 4 is 0 Å². The van der Waals surface area contributed by atoms with Crippen LogP contribution in [0.2, 0.25) is 0 Å². The van der Waals surface area contributed by atoms with Crippen molar-refractivity contribution in [3.05, 3.63) is 71.8 Å². The number of benzene rings is 2. The summed E-state index contributed by atoms with van der Waals surface area (Å²) in [7, 11) is 0. The van der Waals surface area contributed by atoms with Crippen molar-refractivity contribution < 1.29 is 20.4 Å². The van der Waals surface area contributed by atoms with Crippen LogP contribution in [0.3, 0.4) is 0 Å². The minimum atomic E-state index is -0.998. The van der Waals surface area contributed by atoms with Crippen molar-refractivity contribution in [1.82, 2.24) is 0 Å². The van der Waals surface area contributed by atoms with E-state index in [1.165, 1.54) is 0 Å². The van der Waals surface area contributed by atoms with E-state index in [4.69, 9.17) is 0 Å². The van der Waals surface area contributed by atoms with Crippen LogP contribution in [0.4, 0.5) is 0 Å². The maximum Gasteiger partial charge on any atom is 0.105 e. The summed E-state index contributed by atoms with van der Waals surface area (Å²) in [6.45, 7) is 0. The third-order valence-electron chi connectivity index (χ3n) is 3.77. The third-order valence-corrected chi connectivity index (χ3v) is 3.77. The van der Waals surface area contributed by atoms with Gasteiger partial charge < -0.3 is 20.4 Å². The summed E-state index contributed by atoms with van der Waals surface area (Å²) in [5.74, 6) is 0. The van der Waals surface area contributed by atoms with Crippen LogP contribution >= 0.6 is 0 Å². The van der Waals surface area contributed by atoms with Crippen molar-refractivity contribution in [3.63, 3.8) is 0 Å². The number of rotatable bonds is 7. The average Bonchev–Trinajstić information content (AvgIpc) is 2.59. The molecule has 0 aliphatic carbocycles. The molecule has 0 aromatic heterocycles. The highest BCUT2D eigenvalue weighted by Crippen LogP contribution is 2.24. The molecule has 0 radical (unpaired) electrons. The van der Waals surface area contributed by atoms with E-state index in [0.29, 0.717) is 11.1 Å². The van der Waals surface area contributed by atoms with Crippen molar-refractivity contribution in [2.24, 2.45) is 0 Å². The summed E-state index contributed by atoms with van der Waals surface area (Å²) >= 11 is 0. The molecule has 0 bridgehead atoms. The Labute approximate surface area is 130 Å². The Kier molecular flexibility index (Phi) is 6.10. The van der Waals surface area contributed by atoms with Crippen LogP contribution in [0.1, 0.15) is 36.2 Å². The molecule has 0 spiro atoms. The van der Waals surface area contributed by atoms with E-state index >= 15 is 0 Å². The molecule has 0 fully saturated rings. The van der Waals surface area contributed by atoms with Crippen LogP contribution in [0, 0.1) is 0 Å². The summed E-state index contributed by atoms with van der Waals surface area (Å²) in [4.78, 5) is 0. The zero-order valence-electron chi connectivity index (χ0n) is 12.3. The highest BCUT2D eigenvalue weighted by Gasteiger charge is 2.23. The summed E-state index contributed by atoms with van der Waals surface area (Å²) in [5, 5.41) is 40.2. The SMILES string of the molecule is O[C@H](CC[C@@H](O)[C@H](O)c1ccccc1)[C@H](O)c1ccccc1. The van der Waals surface area contributed by atoms with Gasteiger partial charge in [-0.2, -0.15) is 0 Å². The fraction of sp³-hybridized carbons (Fsp3) is 0.333. The lowest BCUT2D eigenvalue weighted by Crippen LogP contribution is -2.24. The molecule has 0 aliphatic heterocycles. The lowest BCUT2D eigenvalue weighted by Gasteiger charge is -2.22. The van der Waals surface area contributed by atoms with Crippen molar-refractivity contribution in [2.75, 3.05) is 0 Å². The van der Waals surface area contributed by atoms with Crippen LogP contribution in [0.25, 0.3) is 0 Å². The quantitative estimate of drug-likeness (QED) is 0.630. The monoisotopic (exact) mass is 302 g/mol. The Bertz CT molecular complexity index is 492. The fourth-order valence-electron chi connectivity index (χ4n) is 2.40. The smallest absolute Gasteiger partial charge is 0.105 e. The Morgan fingerprint density at radius 3 is 1.18 bits per heavy atom. The van der Waals surface area contributed by atoms with Crippen LogP contribution in [-0.4, -0.2) is 32.6 Å². The fourth-order valence-corrected chi connectivity index (χ4v) is 2.40. The molecule has 4 nitrogen and oxygen atoms in total. The zero-order chi connectivity index (χ0) is 15.9. The minimum absolute atomic E-state index is 0.196. The Morgan fingerprint density at radius 2 is 0.864 bits per heavy atom. The molecule has 2 aromatic rings. The summed E-state index contributed by atoms with van der Waals surface area (Å²) in [6.07, 6.45) is -3.58. The highest BCUT2D eigenvalue weighted by molar-refractivity contribution is 5.19. The molecule has 2 rings (SSSR count). The zero-order valence-corrected chi connectivity index (χ0v) is 12.3. The molecule has 0 aliphatic rings. The van der Waals surface area contributed by atoms with Gasteiger partial charge in [0.2, 0.25) is 0 Å². The van der Waals surface area contributed by atoms with Gasteiger partial charge in [-0.3, -0.25) is 0 Å². The summed E-state index contributed by atoms with van der Waals surface area (Å²) in [5.41, 5.74) is 1.26. The van der Waals surface area contributed by atoms with E-state index in [-0.39, 0.29) is 12.8 Å². The van der Waals surface area contributed by atoms with Gasteiger partial charge in [-0.05, 0) is 24.0 Å². The molecule has 0 saturated carbocycles. The molecule has 22 heavy (non-hydrogen) atoms. The van der Waals surface area contributed by atoms with E-state index in [2.05, 4.69) is 0 Å². The van der Waals surface area contributed by atoms with E-state index < -0.39 is 24.4 Å². The van der Waals surface area contributed by atoms with E-state index in [9.17, 15) is 20.4 Å². The van der Waals surface area contributed by atoms with Crippen LogP contribution < -0.4 is 0 Å². The number of hydrogen-bond donors (Lipinski definition) is 4. The first-order chi connectivity index (χ1) is 10.6. The van der Waals surface area contributed by atoms with Gasteiger partial charge in [0, 0.05) is 0 Å². The number of aliphatic hydroxyl groups excluding tert-OH is 4. The molecule has 0 unspecified atom stereocenters. The van der Waals surface area contributed by atoms with Crippen LogP contribution in [0.15, 0.2) is 60.7 Å². The van der Waals surface area contributed by atoms with E-state index in [1.54, 1.807) is 48.5 Å². The second-order valence-corrected chi connectivity index (χ2v) is 5.42. The third kappa shape index (κ3) is 4.39. The van der Waals surface area contributed by atoms with Crippen molar-refractivity contribution in [2.45, 2.75) is 37.3 Å². The molecule has 0 saturated heterocycles. The molecule has 4 N–H and O–H groups in total. The van der Waals surface area contributed by atoms with Crippen LogP contribution in [0.5, 0.6) is 0 Å². The first kappa shape index (κ1) is 16.6. The maximum absolute atomic E-state index is 10.1. The molecule has 0 heterocycles. The molecule has 0 amide bonds. The van der Waals surface area contributed by atoms with Gasteiger partial charge in [0.05, 0.1) is 12.2 Å². The van der Waals surface area contributed by atoms with Gasteiger partial charge in [0.1, 0.15) is 12.2 Å². The Morgan fingerprint density at radius 1 is 0.545 bits per heavy atom. The first-order valence-corrected chi connectivity index (χ1v) is 7.41. The van der Waals surface area contributed by atoms with E-state index in [0.717, 1.165) is 0 Å². The Hall–Kier alpha value is -1.72. The minimum Gasteiger partial charge on any atom is -0.390 e. The number of aliphatic hydroxyl groups is 4. The van der Waals surface area contributed by atoms with Crippen molar-refractivity contribution in [1.29, 1.82) is 0 Å². The van der Waals surface area contributed by atoms with Crippen molar-refractivity contribution in [3.8, 4) is 0 Å². The largest absolute Gasteiger partial charge is 0.390 e. The van der Waals surface area contributed by atoms with Gasteiger partial charge in [-0.15, -0.1) is 0 Å². The standard InChI is InChI=1S/C18H22O4/c19-15(17(21)13-7-3-1-4-8-13)11-12-16(20)18(22)14-9-5-2-6-10-14/h1-10,15-22H,11-12H2/t15-,16-,17-,18-/m1/s1. The molecular formula is C18H22O4. The lowest BCUT2D eigenvalue weighted by atomic mass is 9.96. The topological polar surface area (TPSA) is 80.9 Å². The van der Waals surface area contributed by atoms with Gasteiger partial charge in [0.25, 0.3) is 0 Å². The number of hydrogen-bond acceptors (Lipinski definition) is 4. The molecule has 4 atom stereocenters. The average molecular weight is 302 g/mol. The van der Waals surface area contributed by atoms with Gasteiger partial charge in [-0.1, -0.05) is 60.7 Å². The molecule has 4 heteroatoms. The Balaban J connectivity index is 1.86. The second-order valence-electron chi connectivity index (χ2n) is 5.42. The summed E-state index contributed by atoms with van der Waals surface area (Å²) < 4.78 is 0. The van der Waals surface area contributed by atoms with E-state index in [1.807, 2.05) is 12.1 Å². The second kappa shape index (κ2) is 8.06. The lowest BCUT2D eigenvalue weighted by molar-refractivity contribution is -0.0201.